The highest BCUT2D eigenvalue weighted by molar-refractivity contribution is 7.20. The molecule has 4 nitrogen and oxygen atoms in total. The molecule has 0 aliphatic heterocycles. The molecule has 0 amide bonds. The summed E-state index contributed by atoms with van der Waals surface area (Å²) in [6, 6.07) is 1.25. The van der Waals surface area contributed by atoms with E-state index in [1.165, 1.54) is 13.2 Å². The standard InChI is InChI=1S/C12H13FN2O2S/c1-5(2)8-7(14)4-6(13)9-10(8)18-11(15-9)12(16)17-3/h4-5H,14H2,1-3H3. The molecule has 2 N–H and O–H groups in total. The molecular weight excluding hydrogens is 255 g/mol. The Morgan fingerprint density at radius 3 is 2.78 bits per heavy atom. The van der Waals surface area contributed by atoms with Crippen molar-refractivity contribution in [2.75, 3.05) is 12.8 Å². The summed E-state index contributed by atoms with van der Waals surface area (Å²) >= 11 is 1.11. The summed E-state index contributed by atoms with van der Waals surface area (Å²) in [7, 11) is 1.27. The molecule has 2 aromatic rings. The molecule has 0 spiro atoms. The Balaban J connectivity index is 2.77. The van der Waals surface area contributed by atoms with Gasteiger partial charge in [0.2, 0.25) is 5.01 Å². The molecule has 0 saturated carbocycles. The van der Waals surface area contributed by atoms with E-state index in [4.69, 9.17) is 5.73 Å². The molecule has 0 unspecified atom stereocenters. The second-order valence-corrected chi connectivity index (χ2v) is 5.20. The number of fused-ring (bicyclic) bond motifs is 1. The van der Waals surface area contributed by atoms with E-state index in [2.05, 4.69) is 9.72 Å². The summed E-state index contributed by atoms with van der Waals surface area (Å²) in [6.07, 6.45) is 0. The van der Waals surface area contributed by atoms with Gasteiger partial charge in [-0.1, -0.05) is 13.8 Å². The number of aromatic nitrogens is 1. The summed E-state index contributed by atoms with van der Waals surface area (Å²) in [5, 5.41) is 0.138. The minimum Gasteiger partial charge on any atom is -0.464 e. The Morgan fingerprint density at radius 2 is 2.22 bits per heavy atom. The molecule has 6 heteroatoms. The number of anilines is 1. The maximum atomic E-state index is 13.8. The highest BCUT2D eigenvalue weighted by Gasteiger charge is 2.20. The van der Waals surface area contributed by atoms with Gasteiger partial charge in [0.25, 0.3) is 0 Å². The fourth-order valence-corrected chi connectivity index (χ4v) is 3.05. The first-order chi connectivity index (χ1) is 8.45. The lowest BCUT2D eigenvalue weighted by Gasteiger charge is -2.10. The maximum absolute atomic E-state index is 13.8. The molecule has 0 atom stereocenters. The van der Waals surface area contributed by atoms with Crippen molar-refractivity contribution in [3.05, 3.63) is 22.5 Å². The minimum atomic E-state index is -0.566. The minimum absolute atomic E-state index is 0.124. The van der Waals surface area contributed by atoms with Crippen LogP contribution in [0.15, 0.2) is 6.07 Å². The number of carbonyl (C=O) groups excluding carboxylic acids is 1. The topological polar surface area (TPSA) is 65.2 Å². The van der Waals surface area contributed by atoms with E-state index in [0.717, 1.165) is 16.9 Å². The summed E-state index contributed by atoms with van der Waals surface area (Å²) in [4.78, 5) is 15.4. The number of ether oxygens (including phenoxy) is 1. The van der Waals surface area contributed by atoms with Crippen LogP contribution in [0.5, 0.6) is 0 Å². The van der Waals surface area contributed by atoms with Crippen LogP contribution in [0.2, 0.25) is 0 Å². The molecule has 0 radical (unpaired) electrons. The van der Waals surface area contributed by atoms with Crippen LogP contribution < -0.4 is 5.73 Å². The monoisotopic (exact) mass is 268 g/mol. The molecule has 1 aromatic heterocycles. The first-order valence-corrected chi connectivity index (χ1v) is 6.24. The van der Waals surface area contributed by atoms with Gasteiger partial charge in [-0.25, -0.2) is 14.2 Å². The Bertz CT molecular complexity index is 622. The fraction of sp³-hybridized carbons (Fsp3) is 0.333. The Kier molecular flexibility index (Phi) is 3.21. The first-order valence-electron chi connectivity index (χ1n) is 5.42. The molecular formula is C12H13FN2O2S. The number of hydrogen-bond donors (Lipinski definition) is 1. The van der Waals surface area contributed by atoms with Crippen molar-refractivity contribution in [1.82, 2.24) is 4.98 Å². The summed E-state index contributed by atoms with van der Waals surface area (Å²) in [5.41, 5.74) is 7.21. The number of esters is 1. The van der Waals surface area contributed by atoms with E-state index >= 15 is 0 Å². The van der Waals surface area contributed by atoms with E-state index in [-0.39, 0.29) is 16.4 Å². The third kappa shape index (κ3) is 1.92. The number of halogens is 1. The molecule has 0 aliphatic carbocycles. The van der Waals surface area contributed by atoms with Gasteiger partial charge in [0.15, 0.2) is 5.82 Å². The molecule has 18 heavy (non-hydrogen) atoms. The number of hydrogen-bond acceptors (Lipinski definition) is 5. The van der Waals surface area contributed by atoms with Crippen LogP contribution in [0.4, 0.5) is 10.1 Å². The smallest absolute Gasteiger partial charge is 0.367 e. The molecule has 0 bridgehead atoms. The van der Waals surface area contributed by atoms with Crippen molar-refractivity contribution >= 4 is 33.2 Å². The second-order valence-electron chi connectivity index (χ2n) is 4.20. The van der Waals surface area contributed by atoms with Crippen molar-refractivity contribution in [2.24, 2.45) is 0 Å². The highest BCUT2D eigenvalue weighted by atomic mass is 32.1. The van der Waals surface area contributed by atoms with Crippen molar-refractivity contribution < 1.29 is 13.9 Å². The number of carbonyl (C=O) groups is 1. The lowest BCUT2D eigenvalue weighted by molar-refractivity contribution is 0.0600. The highest BCUT2D eigenvalue weighted by Crippen LogP contribution is 2.36. The van der Waals surface area contributed by atoms with Crippen LogP contribution in [0.3, 0.4) is 0 Å². The molecule has 1 heterocycles. The van der Waals surface area contributed by atoms with Crippen LogP contribution in [-0.2, 0) is 4.74 Å². The van der Waals surface area contributed by atoms with Crippen molar-refractivity contribution in [3.63, 3.8) is 0 Å². The zero-order valence-corrected chi connectivity index (χ0v) is 11.1. The zero-order chi connectivity index (χ0) is 13.4. The lowest BCUT2D eigenvalue weighted by Crippen LogP contribution is -1.99. The molecule has 1 aromatic carbocycles. The van der Waals surface area contributed by atoms with Crippen molar-refractivity contribution in [2.45, 2.75) is 19.8 Å². The van der Waals surface area contributed by atoms with Crippen LogP contribution in [-0.4, -0.2) is 18.1 Å². The van der Waals surface area contributed by atoms with Gasteiger partial charge in [-0.3, -0.25) is 0 Å². The summed E-state index contributed by atoms with van der Waals surface area (Å²) < 4.78 is 19.0. The van der Waals surface area contributed by atoms with Gasteiger partial charge in [-0.2, -0.15) is 0 Å². The van der Waals surface area contributed by atoms with Crippen LogP contribution in [0.25, 0.3) is 10.2 Å². The van der Waals surface area contributed by atoms with E-state index < -0.39 is 11.8 Å². The number of rotatable bonds is 2. The van der Waals surface area contributed by atoms with E-state index in [0.29, 0.717) is 10.4 Å². The Hall–Kier alpha value is -1.69. The summed E-state index contributed by atoms with van der Waals surface area (Å²) in [6.45, 7) is 3.92. The van der Waals surface area contributed by atoms with E-state index in [1.807, 2.05) is 13.8 Å². The molecule has 2 rings (SSSR count). The maximum Gasteiger partial charge on any atom is 0.367 e. The number of nitrogens with two attached hydrogens (primary N) is 1. The Morgan fingerprint density at radius 1 is 1.56 bits per heavy atom. The predicted molar refractivity (Wildman–Crippen MR) is 69.4 cm³/mol. The van der Waals surface area contributed by atoms with Gasteiger partial charge >= 0.3 is 5.97 Å². The Labute approximate surface area is 108 Å². The van der Waals surface area contributed by atoms with Crippen LogP contribution in [0, 0.1) is 5.82 Å². The lowest BCUT2D eigenvalue weighted by atomic mass is 10.0. The van der Waals surface area contributed by atoms with Gasteiger partial charge in [-0.05, 0) is 17.5 Å². The van der Waals surface area contributed by atoms with E-state index in [1.54, 1.807) is 0 Å². The summed E-state index contributed by atoms with van der Waals surface area (Å²) in [5.74, 6) is -0.957. The largest absolute Gasteiger partial charge is 0.464 e. The molecule has 0 aliphatic rings. The number of thiazole rings is 1. The van der Waals surface area contributed by atoms with Gasteiger partial charge in [-0.15, -0.1) is 11.3 Å². The number of benzene rings is 1. The fourth-order valence-electron chi connectivity index (χ4n) is 1.85. The van der Waals surface area contributed by atoms with Crippen LogP contribution >= 0.6 is 11.3 Å². The molecule has 0 saturated heterocycles. The molecule has 0 fully saturated rings. The van der Waals surface area contributed by atoms with Gasteiger partial charge in [0.05, 0.1) is 11.8 Å². The SMILES string of the molecule is COC(=O)c1nc2c(F)cc(N)c(C(C)C)c2s1. The first kappa shape index (κ1) is 12.8. The van der Waals surface area contributed by atoms with Crippen molar-refractivity contribution in [1.29, 1.82) is 0 Å². The van der Waals surface area contributed by atoms with Gasteiger partial charge in [0, 0.05) is 5.69 Å². The van der Waals surface area contributed by atoms with Crippen LogP contribution in [0.1, 0.15) is 35.1 Å². The van der Waals surface area contributed by atoms with Gasteiger partial charge < -0.3 is 10.5 Å². The zero-order valence-electron chi connectivity index (χ0n) is 10.3. The predicted octanol–water partition coefficient (Wildman–Crippen LogP) is 2.93. The third-order valence-electron chi connectivity index (χ3n) is 2.63. The van der Waals surface area contributed by atoms with E-state index in [9.17, 15) is 9.18 Å². The second kappa shape index (κ2) is 4.53. The average molecular weight is 268 g/mol. The number of nitrogens with zero attached hydrogens (tertiary/aromatic N) is 1. The average Bonchev–Trinajstić information content (AvgIpc) is 2.72. The number of nitrogen functional groups attached to an aromatic ring is 1. The molecule has 96 valence electrons. The van der Waals surface area contributed by atoms with Gasteiger partial charge in [0.1, 0.15) is 5.52 Å². The third-order valence-corrected chi connectivity index (χ3v) is 3.70. The van der Waals surface area contributed by atoms with Crippen molar-refractivity contribution in [3.8, 4) is 0 Å². The normalized spacial score (nSPS) is 11.2. The number of methoxy groups -OCH3 is 1. The quantitative estimate of drug-likeness (QED) is 0.671.